The summed E-state index contributed by atoms with van der Waals surface area (Å²) in [6, 6.07) is 4.31. The van der Waals surface area contributed by atoms with E-state index in [0.29, 0.717) is 32.3 Å². The van der Waals surface area contributed by atoms with E-state index in [1.807, 2.05) is 13.8 Å². The predicted octanol–water partition coefficient (Wildman–Crippen LogP) is 2.04. The maximum atomic E-state index is 12.5. The number of aliphatic imine (C=N–C) groups is 1. The van der Waals surface area contributed by atoms with E-state index in [-0.39, 0.29) is 18.9 Å². The molecule has 0 aliphatic heterocycles. The molecule has 1 aromatic carbocycles. The number of nitrogens with zero attached hydrogens (tertiary/aromatic N) is 1. The molecule has 0 aliphatic rings. The van der Waals surface area contributed by atoms with Crippen molar-refractivity contribution >= 4 is 5.96 Å². The van der Waals surface area contributed by atoms with Gasteiger partial charge < -0.3 is 25.2 Å². The molecule has 0 radical (unpaired) electrons. The van der Waals surface area contributed by atoms with Crippen LogP contribution in [0.2, 0.25) is 0 Å². The van der Waals surface area contributed by atoms with E-state index in [0.717, 1.165) is 12.1 Å². The third-order valence-corrected chi connectivity index (χ3v) is 3.17. The predicted molar refractivity (Wildman–Crippen MR) is 93.4 cm³/mol. The molecule has 26 heavy (non-hydrogen) atoms. The van der Waals surface area contributed by atoms with Crippen LogP contribution in [0, 0.1) is 0 Å². The molecule has 0 spiro atoms. The Bertz CT molecular complexity index is 536. The summed E-state index contributed by atoms with van der Waals surface area (Å²) >= 11 is 0. The fourth-order valence-electron chi connectivity index (χ4n) is 1.91. The second kappa shape index (κ2) is 11.6. The standard InChI is InChI=1S/C17H26F3N3O3/c1-3-21-16(22-9-10-25-4-2)23-11-14(24)12-26-15-7-5-13(6-8-15)17(18,19)20/h5-8,14,24H,3-4,9-12H2,1-2H3,(H2,21,22,23). The van der Waals surface area contributed by atoms with Gasteiger partial charge in [-0.2, -0.15) is 13.2 Å². The molecule has 0 aliphatic carbocycles. The largest absolute Gasteiger partial charge is 0.491 e. The number of guanidine groups is 1. The molecule has 1 atom stereocenters. The van der Waals surface area contributed by atoms with Crippen molar-refractivity contribution in [2.24, 2.45) is 4.99 Å². The van der Waals surface area contributed by atoms with Crippen molar-refractivity contribution in [3.05, 3.63) is 29.8 Å². The molecule has 9 heteroatoms. The SMILES string of the molecule is CCNC(=NCC(O)COc1ccc(C(F)(F)F)cc1)NCCOCC. The number of halogens is 3. The summed E-state index contributed by atoms with van der Waals surface area (Å²) in [7, 11) is 0. The van der Waals surface area contributed by atoms with Gasteiger partial charge in [0.25, 0.3) is 0 Å². The zero-order valence-electron chi connectivity index (χ0n) is 15.0. The average Bonchev–Trinajstić information content (AvgIpc) is 2.61. The Kier molecular flexibility index (Phi) is 9.82. The van der Waals surface area contributed by atoms with E-state index in [1.165, 1.54) is 12.1 Å². The lowest BCUT2D eigenvalue weighted by Gasteiger charge is -2.14. The van der Waals surface area contributed by atoms with Crippen molar-refractivity contribution in [3.63, 3.8) is 0 Å². The molecule has 1 rings (SSSR count). The third-order valence-electron chi connectivity index (χ3n) is 3.17. The summed E-state index contributed by atoms with van der Waals surface area (Å²) in [4.78, 5) is 4.23. The molecule has 0 aromatic heterocycles. The van der Waals surface area contributed by atoms with E-state index in [1.54, 1.807) is 0 Å². The molecule has 3 N–H and O–H groups in total. The van der Waals surface area contributed by atoms with Crippen LogP contribution in [0.3, 0.4) is 0 Å². The van der Waals surface area contributed by atoms with E-state index in [9.17, 15) is 18.3 Å². The lowest BCUT2D eigenvalue weighted by molar-refractivity contribution is -0.137. The van der Waals surface area contributed by atoms with Crippen LogP contribution in [-0.4, -0.2) is 56.6 Å². The molecule has 0 saturated heterocycles. The number of alkyl halides is 3. The fraction of sp³-hybridized carbons (Fsp3) is 0.588. The van der Waals surface area contributed by atoms with Gasteiger partial charge in [0, 0.05) is 19.7 Å². The number of benzene rings is 1. The van der Waals surface area contributed by atoms with Gasteiger partial charge in [-0.1, -0.05) is 0 Å². The zero-order valence-corrected chi connectivity index (χ0v) is 15.0. The molecule has 0 fully saturated rings. The molecule has 1 unspecified atom stereocenters. The number of ether oxygens (including phenoxy) is 2. The van der Waals surface area contributed by atoms with Crippen LogP contribution in [0.25, 0.3) is 0 Å². The highest BCUT2D eigenvalue weighted by Gasteiger charge is 2.30. The van der Waals surface area contributed by atoms with Crippen LogP contribution in [0.4, 0.5) is 13.2 Å². The normalized spacial score (nSPS) is 13.4. The maximum Gasteiger partial charge on any atom is 0.416 e. The summed E-state index contributed by atoms with van der Waals surface area (Å²) in [5, 5.41) is 16.0. The third kappa shape index (κ3) is 8.91. The van der Waals surface area contributed by atoms with Crippen LogP contribution >= 0.6 is 0 Å². The second-order valence-electron chi connectivity index (χ2n) is 5.33. The van der Waals surface area contributed by atoms with Gasteiger partial charge in [-0.15, -0.1) is 0 Å². The average molecular weight is 377 g/mol. The van der Waals surface area contributed by atoms with Crippen molar-refractivity contribution < 1.29 is 27.8 Å². The van der Waals surface area contributed by atoms with Crippen molar-refractivity contribution in [3.8, 4) is 5.75 Å². The van der Waals surface area contributed by atoms with E-state index in [2.05, 4.69) is 15.6 Å². The molecule has 1 aromatic rings. The number of aliphatic hydroxyl groups is 1. The Labute approximate surface area is 151 Å². The first-order chi connectivity index (χ1) is 12.4. The van der Waals surface area contributed by atoms with E-state index in [4.69, 9.17) is 9.47 Å². The van der Waals surface area contributed by atoms with Gasteiger partial charge in [-0.3, -0.25) is 4.99 Å². The highest BCUT2D eigenvalue weighted by atomic mass is 19.4. The summed E-state index contributed by atoms with van der Waals surface area (Å²) in [5.41, 5.74) is -0.747. The van der Waals surface area contributed by atoms with Crippen LogP contribution < -0.4 is 15.4 Å². The lowest BCUT2D eigenvalue weighted by Crippen LogP contribution is -2.39. The van der Waals surface area contributed by atoms with Gasteiger partial charge in [0.15, 0.2) is 5.96 Å². The minimum Gasteiger partial charge on any atom is -0.491 e. The maximum absolute atomic E-state index is 12.5. The second-order valence-corrected chi connectivity index (χ2v) is 5.33. The Morgan fingerprint density at radius 2 is 1.88 bits per heavy atom. The van der Waals surface area contributed by atoms with Gasteiger partial charge in [-0.05, 0) is 38.1 Å². The number of hydrogen-bond acceptors (Lipinski definition) is 4. The molecular formula is C17H26F3N3O3. The number of aliphatic hydroxyl groups excluding tert-OH is 1. The van der Waals surface area contributed by atoms with Gasteiger partial charge in [-0.25, -0.2) is 0 Å². The first-order valence-electron chi connectivity index (χ1n) is 8.44. The summed E-state index contributed by atoms with van der Waals surface area (Å²) in [5.74, 6) is 0.795. The minimum absolute atomic E-state index is 0.0762. The Balaban J connectivity index is 2.42. The monoisotopic (exact) mass is 377 g/mol. The number of hydrogen-bond donors (Lipinski definition) is 3. The Morgan fingerprint density at radius 1 is 1.19 bits per heavy atom. The highest BCUT2D eigenvalue weighted by molar-refractivity contribution is 5.79. The van der Waals surface area contributed by atoms with E-state index >= 15 is 0 Å². The zero-order chi connectivity index (χ0) is 19.4. The summed E-state index contributed by atoms with van der Waals surface area (Å²) in [6.07, 6.45) is -5.27. The van der Waals surface area contributed by atoms with Gasteiger partial charge >= 0.3 is 6.18 Å². The Hall–Kier alpha value is -2.00. The van der Waals surface area contributed by atoms with Crippen LogP contribution in [0.15, 0.2) is 29.3 Å². The summed E-state index contributed by atoms with van der Waals surface area (Å²) in [6.45, 7) is 6.26. The van der Waals surface area contributed by atoms with Crippen LogP contribution in [-0.2, 0) is 10.9 Å². The molecule has 0 heterocycles. The van der Waals surface area contributed by atoms with Gasteiger partial charge in [0.2, 0.25) is 0 Å². The first-order valence-corrected chi connectivity index (χ1v) is 8.44. The van der Waals surface area contributed by atoms with Gasteiger partial charge in [0.1, 0.15) is 18.5 Å². The van der Waals surface area contributed by atoms with Crippen LogP contribution in [0.1, 0.15) is 19.4 Å². The topological polar surface area (TPSA) is 75.1 Å². The van der Waals surface area contributed by atoms with Crippen molar-refractivity contribution in [1.29, 1.82) is 0 Å². The summed E-state index contributed by atoms with van der Waals surface area (Å²) < 4.78 is 48.0. The first kappa shape index (κ1) is 22.0. The smallest absolute Gasteiger partial charge is 0.416 e. The minimum atomic E-state index is -4.38. The highest BCUT2D eigenvalue weighted by Crippen LogP contribution is 2.30. The van der Waals surface area contributed by atoms with Crippen molar-refractivity contribution in [2.45, 2.75) is 26.1 Å². The molecule has 148 valence electrons. The molecule has 0 saturated carbocycles. The van der Waals surface area contributed by atoms with Gasteiger partial charge in [0.05, 0.1) is 18.7 Å². The van der Waals surface area contributed by atoms with Crippen molar-refractivity contribution in [1.82, 2.24) is 10.6 Å². The molecule has 0 bridgehead atoms. The van der Waals surface area contributed by atoms with Crippen LogP contribution in [0.5, 0.6) is 5.75 Å². The molecule has 6 nitrogen and oxygen atoms in total. The molecule has 0 amide bonds. The number of rotatable bonds is 10. The van der Waals surface area contributed by atoms with E-state index < -0.39 is 17.8 Å². The fourth-order valence-corrected chi connectivity index (χ4v) is 1.91. The lowest BCUT2D eigenvalue weighted by atomic mass is 10.2. The quantitative estimate of drug-likeness (QED) is 0.331. The number of nitrogens with one attached hydrogen (secondary N) is 2. The van der Waals surface area contributed by atoms with Crippen molar-refractivity contribution in [2.75, 3.05) is 39.5 Å². The molecular weight excluding hydrogens is 351 g/mol. The Morgan fingerprint density at radius 3 is 2.46 bits per heavy atom.